The van der Waals surface area contributed by atoms with Gasteiger partial charge in [-0.3, -0.25) is 15.0 Å². The third kappa shape index (κ3) is 5.50. The number of nitrogens with two attached hydrogens (primary N) is 1. The molecule has 0 saturated carbocycles. The lowest BCUT2D eigenvalue weighted by molar-refractivity contribution is 0.211. The summed E-state index contributed by atoms with van der Waals surface area (Å²) in [4.78, 5) is 23.6. The molecule has 174 valence electrons. The average Bonchev–Trinajstić information content (AvgIpc) is 3.40. The van der Waals surface area contributed by atoms with Crippen molar-refractivity contribution >= 4 is 17.5 Å². The quantitative estimate of drug-likeness (QED) is 0.454. The van der Waals surface area contributed by atoms with Gasteiger partial charge in [0.05, 0.1) is 36.4 Å². The maximum absolute atomic E-state index is 12.8. The highest BCUT2D eigenvalue weighted by molar-refractivity contribution is 5.92. The normalized spacial score (nSPS) is 12.7. The smallest absolute Gasteiger partial charge is 0.323 e. The number of unbranched alkanes of at least 4 members (excludes halogenated alkanes) is 5. The number of urea groups is 1. The van der Waals surface area contributed by atoms with Gasteiger partial charge in [0.15, 0.2) is 5.82 Å². The minimum absolute atomic E-state index is 0.225. The van der Waals surface area contributed by atoms with Crippen LogP contribution >= 0.6 is 0 Å². The van der Waals surface area contributed by atoms with Gasteiger partial charge in [-0.15, -0.1) is 0 Å². The van der Waals surface area contributed by atoms with Gasteiger partial charge in [0, 0.05) is 30.6 Å². The van der Waals surface area contributed by atoms with Gasteiger partial charge in [-0.05, 0) is 36.6 Å². The zero-order chi connectivity index (χ0) is 23.2. The number of hydrogen-bond acceptors (Lipinski definition) is 5. The maximum Gasteiger partial charge on any atom is 0.323 e. The summed E-state index contributed by atoms with van der Waals surface area (Å²) in [5.74, 6) is 0.368. The van der Waals surface area contributed by atoms with Crippen LogP contribution in [0.5, 0.6) is 0 Å². The summed E-state index contributed by atoms with van der Waals surface area (Å²) < 4.78 is 1.81. The summed E-state index contributed by atoms with van der Waals surface area (Å²) in [6, 6.07) is 5.56. The van der Waals surface area contributed by atoms with E-state index < -0.39 is 0 Å². The fraction of sp³-hybridized carbons (Fsp3) is 0.440. The van der Waals surface area contributed by atoms with Crippen molar-refractivity contribution < 1.29 is 4.79 Å². The number of nitrogens with one attached hydrogen (secondary N) is 1. The fourth-order valence-corrected chi connectivity index (χ4v) is 4.22. The zero-order valence-electron chi connectivity index (χ0n) is 19.5. The first-order valence-corrected chi connectivity index (χ1v) is 11.8. The van der Waals surface area contributed by atoms with E-state index in [1.165, 1.54) is 44.1 Å². The van der Waals surface area contributed by atoms with Crippen molar-refractivity contribution in [1.82, 2.24) is 24.6 Å². The molecule has 4 rings (SSSR count). The number of anilines is 2. The molecular weight excluding hydrogens is 414 g/mol. The first kappa shape index (κ1) is 22.8. The minimum atomic E-state index is -0.225. The first-order chi connectivity index (χ1) is 16.0. The lowest BCUT2D eigenvalue weighted by Gasteiger charge is -2.17. The molecule has 1 aliphatic heterocycles. The lowest BCUT2D eigenvalue weighted by Crippen LogP contribution is -2.31. The second kappa shape index (κ2) is 10.5. The Balaban J connectivity index is 1.39. The van der Waals surface area contributed by atoms with Crippen molar-refractivity contribution in [2.45, 2.75) is 65.0 Å². The molecule has 0 aliphatic carbocycles. The highest BCUT2D eigenvalue weighted by Crippen LogP contribution is 2.26. The molecule has 2 amide bonds. The Morgan fingerprint density at radius 3 is 2.73 bits per heavy atom. The van der Waals surface area contributed by atoms with Crippen LogP contribution in [0.3, 0.4) is 0 Å². The minimum Gasteiger partial charge on any atom is -0.396 e. The summed E-state index contributed by atoms with van der Waals surface area (Å²) in [5, 5.41) is 7.12. The number of nitrogen functional groups attached to an aromatic ring is 1. The van der Waals surface area contributed by atoms with Gasteiger partial charge in [-0.1, -0.05) is 39.0 Å². The Kier molecular flexibility index (Phi) is 7.22. The van der Waals surface area contributed by atoms with E-state index in [1.807, 2.05) is 19.3 Å². The molecule has 0 aromatic carbocycles. The van der Waals surface area contributed by atoms with Crippen LogP contribution in [0.25, 0.3) is 11.3 Å². The predicted octanol–water partition coefficient (Wildman–Crippen LogP) is 4.91. The largest absolute Gasteiger partial charge is 0.396 e. The number of nitrogens with zero attached hydrogens (tertiary/aromatic N) is 5. The summed E-state index contributed by atoms with van der Waals surface area (Å²) >= 11 is 0. The van der Waals surface area contributed by atoms with Crippen LogP contribution in [-0.2, 0) is 26.6 Å². The third-order valence-corrected chi connectivity index (χ3v) is 6.20. The number of carbonyl (C=O) groups is 1. The number of rotatable bonds is 9. The van der Waals surface area contributed by atoms with Gasteiger partial charge in [0.1, 0.15) is 0 Å². The Morgan fingerprint density at radius 2 is 1.91 bits per heavy atom. The molecule has 1 aliphatic rings. The van der Waals surface area contributed by atoms with Crippen molar-refractivity contribution in [1.29, 1.82) is 0 Å². The lowest BCUT2D eigenvalue weighted by atomic mass is 10.0. The van der Waals surface area contributed by atoms with Gasteiger partial charge >= 0.3 is 6.03 Å². The van der Waals surface area contributed by atoms with E-state index in [9.17, 15) is 4.79 Å². The Hall–Kier alpha value is -3.42. The molecule has 0 saturated heterocycles. The van der Waals surface area contributed by atoms with Gasteiger partial charge < -0.3 is 10.6 Å². The topological polar surface area (TPSA) is 102 Å². The Labute approximate surface area is 195 Å². The number of fused-ring (bicyclic) bond motifs is 1. The summed E-state index contributed by atoms with van der Waals surface area (Å²) in [7, 11) is 1.89. The highest BCUT2D eigenvalue weighted by atomic mass is 16.2. The van der Waals surface area contributed by atoms with E-state index in [0.717, 1.165) is 28.9 Å². The van der Waals surface area contributed by atoms with E-state index in [4.69, 9.17) is 5.73 Å². The van der Waals surface area contributed by atoms with Crippen molar-refractivity contribution in [3.05, 3.63) is 53.6 Å². The molecule has 0 atom stereocenters. The molecule has 8 heteroatoms. The molecule has 33 heavy (non-hydrogen) atoms. The third-order valence-electron chi connectivity index (χ3n) is 6.20. The van der Waals surface area contributed by atoms with Crippen LogP contribution in [0, 0.1) is 0 Å². The number of hydrogen-bond donors (Lipinski definition) is 2. The molecule has 3 N–H and O–H groups in total. The second-order valence-corrected chi connectivity index (χ2v) is 8.76. The predicted molar refractivity (Wildman–Crippen MR) is 130 cm³/mol. The number of carbonyl (C=O) groups excluding carboxylic acids is 1. The van der Waals surface area contributed by atoms with Crippen molar-refractivity contribution in [3.8, 4) is 11.3 Å². The van der Waals surface area contributed by atoms with Crippen molar-refractivity contribution in [2.24, 2.45) is 7.05 Å². The standard InChI is InChI=1S/C25H33N7O/c1-3-4-5-6-7-8-9-18-12-19(14-27-13-18)22-11-10-21(26)24(29-22)30-25(33)32-16-20-15-28-31(2)23(20)17-32/h10-15H,3-9,16-17,26H2,1-2H3,(H,29,30,33). The second-order valence-electron chi connectivity index (χ2n) is 8.76. The number of aromatic nitrogens is 4. The monoisotopic (exact) mass is 447 g/mol. The van der Waals surface area contributed by atoms with Gasteiger partial charge in [0.25, 0.3) is 0 Å². The molecular formula is C25H33N7O. The number of aryl methyl sites for hydroxylation is 2. The highest BCUT2D eigenvalue weighted by Gasteiger charge is 2.27. The SMILES string of the molecule is CCCCCCCCc1cncc(-c2ccc(N)c(NC(=O)N3Cc4cnn(C)c4C3)n2)c1. The average molecular weight is 448 g/mol. The van der Waals surface area contributed by atoms with Crippen LogP contribution in [0.2, 0.25) is 0 Å². The van der Waals surface area contributed by atoms with Crippen LogP contribution in [-0.4, -0.2) is 30.7 Å². The molecule has 0 unspecified atom stereocenters. The Bertz CT molecular complexity index is 1110. The number of pyridine rings is 2. The molecule has 0 spiro atoms. The van der Waals surface area contributed by atoms with E-state index in [-0.39, 0.29) is 6.03 Å². The summed E-state index contributed by atoms with van der Waals surface area (Å²) in [6.45, 7) is 3.28. The van der Waals surface area contributed by atoms with Gasteiger partial charge in [0.2, 0.25) is 0 Å². The van der Waals surface area contributed by atoms with Gasteiger partial charge in [-0.2, -0.15) is 5.10 Å². The molecule has 0 bridgehead atoms. The molecule has 3 aromatic heterocycles. The van der Waals surface area contributed by atoms with E-state index in [0.29, 0.717) is 24.6 Å². The first-order valence-electron chi connectivity index (χ1n) is 11.8. The maximum atomic E-state index is 12.8. The van der Waals surface area contributed by atoms with Crippen LogP contribution in [0.15, 0.2) is 36.8 Å². The van der Waals surface area contributed by atoms with Crippen molar-refractivity contribution in [3.63, 3.8) is 0 Å². The summed E-state index contributed by atoms with van der Waals surface area (Å²) in [5.41, 5.74) is 11.5. The molecule has 3 aromatic rings. The zero-order valence-corrected chi connectivity index (χ0v) is 19.5. The van der Waals surface area contributed by atoms with Crippen molar-refractivity contribution in [2.75, 3.05) is 11.1 Å². The van der Waals surface area contributed by atoms with Gasteiger partial charge in [-0.25, -0.2) is 9.78 Å². The van der Waals surface area contributed by atoms with Crippen LogP contribution in [0.1, 0.15) is 62.3 Å². The Morgan fingerprint density at radius 1 is 1.09 bits per heavy atom. The summed E-state index contributed by atoms with van der Waals surface area (Å²) in [6.07, 6.45) is 14.2. The van der Waals surface area contributed by atoms with E-state index in [1.54, 1.807) is 28.0 Å². The van der Waals surface area contributed by atoms with Crippen LogP contribution in [0.4, 0.5) is 16.3 Å². The fourth-order valence-electron chi connectivity index (χ4n) is 4.22. The van der Waals surface area contributed by atoms with E-state index >= 15 is 0 Å². The molecule has 0 radical (unpaired) electrons. The van der Waals surface area contributed by atoms with Crippen LogP contribution < -0.4 is 11.1 Å². The molecule has 0 fully saturated rings. The molecule has 8 nitrogen and oxygen atoms in total. The van der Waals surface area contributed by atoms with E-state index in [2.05, 4.69) is 33.4 Å². The number of amides is 2. The molecule has 4 heterocycles.